The summed E-state index contributed by atoms with van der Waals surface area (Å²) in [6.45, 7) is 4.86. The van der Waals surface area contributed by atoms with Gasteiger partial charge in [-0.05, 0) is 41.8 Å². The Kier molecular flexibility index (Phi) is 15.2. The van der Waals surface area contributed by atoms with Gasteiger partial charge in [0.05, 0.1) is 30.1 Å². The maximum absolute atomic E-state index is 13.4. The van der Waals surface area contributed by atoms with E-state index in [4.69, 9.17) is 4.98 Å². The lowest BCUT2D eigenvalue weighted by molar-refractivity contribution is -0.144. The van der Waals surface area contributed by atoms with E-state index in [2.05, 4.69) is 20.4 Å². The monoisotopic (exact) mass is 806 g/mol. The minimum absolute atomic E-state index is 0.0116. The van der Waals surface area contributed by atoms with E-state index in [1.807, 2.05) is 102 Å². The number of benzene rings is 3. The molecule has 6 rings (SSSR count). The van der Waals surface area contributed by atoms with Crippen molar-refractivity contribution in [3.8, 4) is 0 Å². The van der Waals surface area contributed by atoms with Crippen LogP contribution in [0.4, 0.5) is 0 Å². The summed E-state index contributed by atoms with van der Waals surface area (Å²) < 4.78 is 0.863. The number of carbonyl (C=O) groups is 4. The molecule has 3 aromatic carbocycles. The number of pyridine rings is 1. The van der Waals surface area contributed by atoms with Gasteiger partial charge in [-0.1, -0.05) is 72.8 Å². The van der Waals surface area contributed by atoms with E-state index in [1.54, 1.807) is 0 Å². The molecule has 1 aliphatic rings. The molecule has 3 heterocycles. The Hall–Kier alpha value is -5.38. The maximum atomic E-state index is 13.4. The molecule has 0 bridgehead atoms. The first-order chi connectivity index (χ1) is 28.1. The predicted octanol–water partition coefficient (Wildman–Crippen LogP) is 3.53. The number of carboxylic acid groups (broad SMARTS) is 2. The molecule has 0 spiro atoms. The number of ketones is 1. The van der Waals surface area contributed by atoms with Crippen molar-refractivity contribution in [2.45, 2.75) is 31.8 Å². The number of carbonyl (C=O) groups excluding carboxylic acids is 2. The topological polar surface area (TPSA) is 172 Å². The second kappa shape index (κ2) is 20.9. The normalized spacial score (nSPS) is 16.2. The number of carboxylic acids is 2. The van der Waals surface area contributed by atoms with Crippen molar-refractivity contribution in [3.63, 3.8) is 0 Å². The molecule has 14 heteroatoms. The van der Waals surface area contributed by atoms with Crippen LogP contribution in [0.25, 0.3) is 20.3 Å². The SMILES string of the molecule is O=C(C[C@@H](Cc1ccccc1)C(=O)O)CN1CCNCCN(CC(=O)N[C@@H](Cc2ccccc2)C(=O)O)CCN(Cc2ccc3c(=O)c4ccccc4sc3n2)CC1. The molecular formula is C44H50N6O7S. The number of hydrogen-bond acceptors (Lipinski definition) is 11. The summed E-state index contributed by atoms with van der Waals surface area (Å²) in [5.74, 6) is -3.43. The van der Waals surface area contributed by atoms with E-state index >= 15 is 0 Å². The van der Waals surface area contributed by atoms with Gasteiger partial charge < -0.3 is 20.8 Å². The molecule has 2 aromatic heterocycles. The molecule has 1 fully saturated rings. The van der Waals surface area contributed by atoms with Crippen LogP contribution in [0.5, 0.6) is 0 Å². The highest BCUT2D eigenvalue weighted by molar-refractivity contribution is 7.24. The van der Waals surface area contributed by atoms with Crippen molar-refractivity contribution in [1.82, 2.24) is 30.3 Å². The van der Waals surface area contributed by atoms with Crippen LogP contribution in [-0.2, 0) is 38.6 Å². The van der Waals surface area contributed by atoms with Gasteiger partial charge in [0, 0.05) is 81.8 Å². The van der Waals surface area contributed by atoms with E-state index in [0.717, 1.165) is 21.5 Å². The van der Waals surface area contributed by atoms with Gasteiger partial charge in [0.15, 0.2) is 5.43 Å². The third-order valence-electron chi connectivity index (χ3n) is 10.4. The van der Waals surface area contributed by atoms with E-state index < -0.39 is 23.9 Å². The molecule has 4 N–H and O–H groups in total. The first-order valence-corrected chi connectivity index (χ1v) is 20.5. The zero-order valence-electron chi connectivity index (χ0n) is 32.4. The van der Waals surface area contributed by atoms with Gasteiger partial charge in [-0.15, -0.1) is 11.3 Å². The lowest BCUT2D eigenvalue weighted by Gasteiger charge is -2.31. The minimum Gasteiger partial charge on any atom is -0.481 e. The van der Waals surface area contributed by atoms with Gasteiger partial charge in [0.1, 0.15) is 16.7 Å². The summed E-state index contributed by atoms with van der Waals surface area (Å²) >= 11 is 1.47. The number of rotatable bonds is 15. The second-order valence-corrected chi connectivity index (χ2v) is 15.8. The van der Waals surface area contributed by atoms with Crippen molar-refractivity contribution in [1.29, 1.82) is 0 Å². The molecule has 304 valence electrons. The van der Waals surface area contributed by atoms with E-state index in [9.17, 15) is 34.2 Å². The van der Waals surface area contributed by atoms with Crippen LogP contribution in [0.3, 0.4) is 0 Å². The third kappa shape index (κ3) is 12.3. The molecule has 0 saturated carbocycles. The van der Waals surface area contributed by atoms with E-state index in [-0.39, 0.29) is 49.5 Å². The number of aromatic nitrogens is 1. The quantitative estimate of drug-likeness (QED) is 0.114. The molecule has 0 aliphatic carbocycles. The first-order valence-electron chi connectivity index (χ1n) is 19.6. The summed E-state index contributed by atoms with van der Waals surface area (Å²) in [5.41, 5.74) is 2.40. The van der Waals surface area contributed by atoms with Crippen LogP contribution in [-0.4, -0.2) is 125 Å². The number of fused-ring (bicyclic) bond motifs is 2. The largest absolute Gasteiger partial charge is 0.481 e. The minimum atomic E-state index is -1.10. The first kappa shape index (κ1) is 42.2. The van der Waals surface area contributed by atoms with E-state index in [0.29, 0.717) is 74.5 Å². The summed E-state index contributed by atoms with van der Waals surface area (Å²) in [4.78, 5) is 76.1. The predicted molar refractivity (Wildman–Crippen MR) is 225 cm³/mol. The van der Waals surface area contributed by atoms with E-state index in [1.165, 1.54) is 11.3 Å². The molecule has 1 aliphatic heterocycles. The molecule has 2 atom stereocenters. The number of nitrogens with zero attached hydrogens (tertiary/aromatic N) is 4. The maximum Gasteiger partial charge on any atom is 0.326 e. The Balaban J connectivity index is 1.16. The number of hydrogen-bond donors (Lipinski definition) is 4. The fourth-order valence-corrected chi connectivity index (χ4v) is 8.30. The molecule has 0 unspecified atom stereocenters. The fourth-order valence-electron chi connectivity index (χ4n) is 7.24. The Bertz CT molecular complexity index is 2150. The molecule has 1 saturated heterocycles. The van der Waals surface area contributed by atoms with Gasteiger partial charge in [-0.2, -0.15) is 0 Å². The van der Waals surface area contributed by atoms with Crippen LogP contribution >= 0.6 is 11.3 Å². The Morgan fingerprint density at radius 3 is 1.95 bits per heavy atom. The Morgan fingerprint density at radius 1 is 0.690 bits per heavy atom. The summed E-state index contributed by atoms with van der Waals surface area (Å²) in [6.07, 6.45) is 0.379. The number of aliphatic carboxylic acids is 2. The lowest BCUT2D eigenvalue weighted by atomic mass is 9.94. The standard InChI is InChI=1S/C44H50N6O7S/c51-35(27-33(43(54)55)25-31-9-3-1-4-10-31)29-48-19-17-45-18-20-49(30-40(52)47-38(44(56)57)26-32-11-5-2-6-12-32)22-24-50(23-21-48)28-34-15-16-37-41(53)36-13-7-8-14-39(36)58-42(37)46-34/h1-16,33,38,45H,17-30H2,(H,47,52)(H,54,55)(H,56,57)/t33-,38+/m1/s1. The molecular weight excluding hydrogens is 757 g/mol. The smallest absolute Gasteiger partial charge is 0.326 e. The van der Waals surface area contributed by atoms with Gasteiger partial charge in [0.2, 0.25) is 5.91 Å². The van der Waals surface area contributed by atoms with Crippen LogP contribution < -0.4 is 16.1 Å². The molecule has 0 radical (unpaired) electrons. The third-order valence-corrected chi connectivity index (χ3v) is 11.5. The van der Waals surface area contributed by atoms with Crippen LogP contribution in [0, 0.1) is 5.92 Å². The van der Waals surface area contributed by atoms with Crippen molar-refractivity contribution in [3.05, 3.63) is 124 Å². The second-order valence-electron chi connectivity index (χ2n) is 14.8. The van der Waals surface area contributed by atoms with Crippen molar-refractivity contribution in [2.75, 3.05) is 65.4 Å². The fraction of sp³-hybridized carbons (Fsp3) is 0.364. The highest BCUT2D eigenvalue weighted by Crippen LogP contribution is 2.23. The Morgan fingerprint density at radius 2 is 1.29 bits per heavy atom. The molecule has 13 nitrogen and oxygen atoms in total. The highest BCUT2D eigenvalue weighted by atomic mass is 32.1. The molecule has 58 heavy (non-hydrogen) atoms. The Labute approximate surface area is 341 Å². The average Bonchev–Trinajstić information content (AvgIpc) is 3.21. The number of nitrogens with one attached hydrogen (secondary N) is 2. The lowest BCUT2D eigenvalue weighted by Crippen LogP contribution is -2.50. The zero-order valence-corrected chi connectivity index (χ0v) is 33.2. The number of Topliss-reactive ketones (excluding diaryl/α,β-unsaturated/α-hetero) is 1. The number of amides is 1. The average molecular weight is 807 g/mol. The molecule has 5 aromatic rings. The summed E-state index contributed by atoms with van der Waals surface area (Å²) in [7, 11) is 0. The van der Waals surface area contributed by atoms with Crippen molar-refractivity contribution in [2.24, 2.45) is 5.92 Å². The van der Waals surface area contributed by atoms with Gasteiger partial charge >= 0.3 is 11.9 Å². The van der Waals surface area contributed by atoms with Gasteiger partial charge in [-0.25, -0.2) is 9.78 Å². The van der Waals surface area contributed by atoms with Gasteiger partial charge in [0.25, 0.3) is 0 Å². The van der Waals surface area contributed by atoms with Crippen molar-refractivity contribution < 1.29 is 29.4 Å². The summed E-state index contributed by atoms with van der Waals surface area (Å²) in [6, 6.07) is 28.7. The van der Waals surface area contributed by atoms with Crippen LogP contribution in [0.1, 0.15) is 23.2 Å². The zero-order chi connectivity index (χ0) is 40.9. The summed E-state index contributed by atoms with van der Waals surface area (Å²) in [5, 5.41) is 27.2. The molecule has 1 amide bonds. The van der Waals surface area contributed by atoms with Crippen molar-refractivity contribution >= 4 is 55.3 Å². The van der Waals surface area contributed by atoms with Crippen LogP contribution in [0.2, 0.25) is 0 Å². The van der Waals surface area contributed by atoms with Gasteiger partial charge in [-0.3, -0.25) is 33.9 Å². The highest BCUT2D eigenvalue weighted by Gasteiger charge is 2.25. The van der Waals surface area contributed by atoms with Crippen LogP contribution in [0.15, 0.2) is 102 Å².